The van der Waals surface area contributed by atoms with Gasteiger partial charge in [-0.15, -0.1) is 0 Å². The Balaban J connectivity index is 1.95. The van der Waals surface area contributed by atoms with Crippen molar-refractivity contribution in [2.24, 2.45) is 0 Å². The van der Waals surface area contributed by atoms with Crippen molar-refractivity contribution in [3.05, 3.63) is 52.0 Å². The molecule has 2 rings (SSSR count). The van der Waals surface area contributed by atoms with Crippen molar-refractivity contribution < 1.29 is 14.3 Å². The van der Waals surface area contributed by atoms with Gasteiger partial charge >= 0.3 is 0 Å². The molecule has 0 bridgehead atoms. The molecule has 0 spiro atoms. The quantitative estimate of drug-likeness (QED) is 0.552. The topological polar surface area (TPSA) is 47.6 Å². The monoisotopic (exact) mass is 425 g/mol. The van der Waals surface area contributed by atoms with Crippen LogP contribution in [0, 0.1) is 0 Å². The highest BCUT2D eigenvalue weighted by atomic mass is 79.9. The second-order valence-corrected chi connectivity index (χ2v) is 6.84. The molecule has 0 saturated carbocycles. The van der Waals surface area contributed by atoms with Crippen LogP contribution >= 0.6 is 27.5 Å². The van der Waals surface area contributed by atoms with Crippen LogP contribution in [0.2, 0.25) is 5.02 Å². The van der Waals surface area contributed by atoms with E-state index < -0.39 is 6.10 Å². The second-order valence-electron chi connectivity index (χ2n) is 5.55. The molecule has 1 unspecified atom stereocenters. The number of carbonyl (C=O) groups excluding carboxylic acids is 1. The Morgan fingerprint density at radius 3 is 2.80 bits per heavy atom. The molecular weight excluding hydrogens is 406 g/mol. The Labute approximate surface area is 161 Å². The van der Waals surface area contributed by atoms with Gasteiger partial charge in [0, 0.05) is 16.8 Å². The molecule has 0 fully saturated rings. The first-order chi connectivity index (χ1) is 12.0. The molecule has 1 atom stereocenters. The number of carbonyl (C=O) groups is 1. The number of halogens is 2. The highest BCUT2D eigenvalue weighted by molar-refractivity contribution is 9.10. The Morgan fingerprint density at radius 2 is 2.08 bits per heavy atom. The molecule has 2 aromatic rings. The van der Waals surface area contributed by atoms with E-state index in [0.29, 0.717) is 27.5 Å². The first-order valence-electron chi connectivity index (χ1n) is 8.15. The highest BCUT2D eigenvalue weighted by Crippen LogP contribution is 2.29. The number of anilines is 1. The number of rotatable bonds is 8. The molecule has 25 heavy (non-hydrogen) atoms. The van der Waals surface area contributed by atoms with E-state index in [2.05, 4.69) is 28.2 Å². The van der Waals surface area contributed by atoms with Gasteiger partial charge in [0.1, 0.15) is 11.5 Å². The van der Waals surface area contributed by atoms with Crippen LogP contribution in [0.1, 0.15) is 26.7 Å². The van der Waals surface area contributed by atoms with Crippen LogP contribution in [-0.2, 0) is 4.79 Å². The number of hydrogen-bond acceptors (Lipinski definition) is 3. The molecule has 1 N–H and O–H groups in total. The molecule has 1 amide bonds. The Morgan fingerprint density at radius 1 is 1.28 bits per heavy atom. The van der Waals surface area contributed by atoms with Gasteiger partial charge in [0.05, 0.1) is 11.1 Å². The summed E-state index contributed by atoms with van der Waals surface area (Å²) in [6, 6.07) is 12.5. The summed E-state index contributed by atoms with van der Waals surface area (Å²) in [6.07, 6.45) is 1.41. The van der Waals surface area contributed by atoms with Crippen LogP contribution in [0.25, 0.3) is 0 Å². The SMILES string of the molecule is CCCCOc1cccc(NC(=O)C(C)Oc2ccc(Cl)cc2Br)c1. The molecule has 6 heteroatoms. The first kappa shape index (κ1) is 19.6. The number of nitrogens with one attached hydrogen (secondary N) is 1. The van der Waals surface area contributed by atoms with Gasteiger partial charge in [-0.1, -0.05) is 31.0 Å². The lowest BCUT2D eigenvalue weighted by molar-refractivity contribution is -0.122. The highest BCUT2D eigenvalue weighted by Gasteiger charge is 2.16. The summed E-state index contributed by atoms with van der Waals surface area (Å²) in [4.78, 5) is 12.3. The molecule has 0 aliphatic carbocycles. The average Bonchev–Trinajstić information content (AvgIpc) is 2.58. The number of amides is 1. The minimum atomic E-state index is -0.665. The van der Waals surface area contributed by atoms with Gasteiger partial charge < -0.3 is 14.8 Å². The average molecular weight is 427 g/mol. The third kappa shape index (κ3) is 6.25. The Hall–Kier alpha value is -1.72. The van der Waals surface area contributed by atoms with E-state index >= 15 is 0 Å². The third-order valence-electron chi connectivity index (χ3n) is 3.44. The molecule has 4 nitrogen and oxygen atoms in total. The van der Waals surface area contributed by atoms with Crippen molar-refractivity contribution in [1.82, 2.24) is 0 Å². The van der Waals surface area contributed by atoms with Crippen molar-refractivity contribution in [1.29, 1.82) is 0 Å². The zero-order chi connectivity index (χ0) is 18.2. The van der Waals surface area contributed by atoms with Crippen molar-refractivity contribution in [2.45, 2.75) is 32.8 Å². The number of unbranched alkanes of at least 4 members (excludes halogenated alkanes) is 1. The number of ether oxygens (including phenoxy) is 2. The van der Waals surface area contributed by atoms with E-state index in [-0.39, 0.29) is 5.91 Å². The molecule has 0 heterocycles. The van der Waals surface area contributed by atoms with E-state index in [1.807, 2.05) is 18.2 Å². The van der Waals surface area contributed by atoms with Gasteiger partial charge in [-0.3, -0.25) is 4.79 Å². The molecular formula is C19H21BrClNO3. The van der Waals surface area contributed by atoms with Crippen molar-refractivity contribution in [3.8, 4) is 11.5 Å². The van der Waals surface area contributed by atoms with E-state index in [9.17, 15) is 4.79 Å². The predicted octanol–water partition coefficient (Wildman–Crippen LogP) is 5.69. The first-order valence-corrected chi connectivity index (χ1v) is 9.32. The summed E-state index contributed by atoms with van der Waals surface area (Å²) < 4.78 is 12.0. The zero-order valence-corrected chi connectivity index (χ0v) is 16.6. The number of hydrogen-bond donors (Lipinski definition) is 1. The molecule has 2 aromatic carbocycles. The normalized spacial score (nSPS) is 11.7. The van der Waals surface area contributed by atoms with Crippen LogP contribution in [0.3, 0.4) is 0 Å². The Kier molecular flexibility index (Phi) is 7.59. The molecule has 0 radical (unpaired) electrons. The summed E-state index contributed by atoms with van der Waals surface area (Å²) in [6.45, 7) is 4.47. The van der Waals surface area contributed by atoms with Gasteiger partial charge in [-0.25, -0.2) is 0 Å². The maximum atomic E-state index is 12.3. The summed E-state index contributed by atoms with van der Waals surface area (Å²) >= 11 is 9.28. The maximum absolute atomic E-state index is 12.3. The van der Waals surface area contributed by atoms with Crippen LogP contribution in [0.15, 0.2) is 46.9 Å². The van der Waals surface area contributed by atoms with Crippen molar-refractivity contribution in [2.75, 3.05) is 11.9 Å². The minimum Gasteiger partial charge on any atom is -0.494 e. The zero-order valence-electron chi connectivity index (χ0n) is 14.2. The predicted molar refractivity (Wildman–Crippen MR) is 105 cm³/mol. The smallest absolute Gasteiger partial charge is 0.265 e. The van der Waals surface area contributed by atoms with Crippen LogP contribution in [-0.4, -0.2) is 18.6 Å². The van der Waals surface area contributed by atoms with E-state index in [1.54, 1.807) is 31.2 Å². The fourth-order valence-electron chi connectivity index (χ4n) is 2.06. The van der Waals surface area contributed by atoms with Gasteiger partial charge in [0.25, 0.3) is 5.91 Å². The van der Waals surface area contributed by atoms with Gasteiger partial charge in [-0.05, 0) is 59.6 Å². The summed E-state index contributed by atoms with van der Waals surface area (Å²) in [5.74, 6) is 1.05. The van der Waals surface area contributed by atoms with Crippen LogP contribution in [0.4, 0.5) is 5.69 Å². The van der Waals surface area contributed by atoms with Crippen LogP contribution < -0.4 is 14.8 Å². The van der Waals surface area contributed by atoms with E-state index in [0.717, 1.165) is 18.6 Å². The van der Waals surface area contributed by atoms with Gasteiger partial charge in [0.15, 0.2) is 6.10 Å². The Bertz CT molecular complexity index is 724. The van der Waals surface area contributed by atoms with E-state index in [4.69, 9.17) is 21.1 Å². The lowest BCUT2D eigenvalue weighted by Gasteiger charge is -2.16. The number of benzene rings is 2. The van der Waals surface area contributed by atoms with Gasteiger partial charge in [0.2, 0.25) is 0 Å². The lowest BCUT2D eigenvalue weighted by Crippen LogP contribution is -2.30. The summed E-state index contributed by atoms with van der Waals surface area (Å²) in [7, 11) is 0. The van der Waals surface area contributed by atoms with Gasteiger partial charge in [-0.2, -0.15) is 0 Å². The maximum Gasteiger partial charge on any atom is 0.265 e. The molecule has 0 saturated heterocycles. The second kappa shape index (κ2) is 9.68. The summed E-state index contributed by atoms with van der Waals surface area (Å²) in [5.41, 5.74) is 0.671. The lowest BCUT2D eigenvalue weighted by atomic mass is 10.2. The third-order valence-corrected chi connectivity index (χ3v) is 4.29. The van der Waals surface area contributed by atoms with Crippen LogP contribution in [0.5, 0.6) is 11.5 Å². The molecule has 134 valence electrons. The fraction of sp³-hybridized carbons (Fsp3) is 0.316. The van der Waals surface area contributed by atoms with E-state index in [1.165, 1.54) is 0 Å². The van der Waals surface area contributed by atoms with Crippen molar-refractivity contribution >= 4 is 39.1 Å². The molecule has 0 aliphatic rings. The fourth-order valence-corrected chi connectivity index (χ4v) is 2.83. The standard InChI is InChI=1S/C19H21BrClNO3/c1-3-4-10-24-16-7-5-6-15(12-16)22-19(23)13(2)25-18-9-8-14(21)11-17(18)20/h5-9,11-13H,3-4,10H2,1-2H3,(H,22,23). The minimum absolute atomic E-state index is 0.243. The molecule has 0 aromatic heterocycles. The molecule has 0 aliphatic heterocycles. The van der Waals surface area contributed by atoms with Crippen molar-refractivity contribution in [3.63, 3.8) is 0 Å². The summed E-state index contributed by atoms with van der Waals surface area (Å²) in [5, 5.41) is 3.43. The largest absolute Gasteiger partial charge is 0.494 e.